The minimum atomic E-state index is 0.316. The number of allylic oxidation sites excluding steroid dienone is 4. The van der Waals surface area contributed by atoms with Crippen LogP contribution in [0.25, 0.3) is 0 Å². The van der Waals surface area contributed by atoms with Crippen LogP contribution in [0.3, 0.4) is 0 Å². The van der Waals surface area contributed by atoms with Crippen molar-refractivity contribution in [2.75, 3.05) is 52.6 Å². The smallest absolute Gasteiger partial charge is 0.0642 e. The molecule has 0 aliphatic carbocycles. The predicted octanol–water partition coefficient (Wildman–Crippen LogP) is 13.5. The molecule has 1 saturated heterocycles. The number of nitrogens with one attached hydrogen (secondary N) is 1. The van der Waals surface area contributed by atoms with Crippen LogP contribution < -0.4 is 5.32 Å². The molecule has 1 rings (SSSR count). The molecule has 0 saturated carbocycles. The van der Waals surface area contributed by atoms with Gasteiger partial charge in [-0.1, -0.05) is 154 Å². The highest BCUT2D eigenvalue weighted by molar-refractivity contribution is 4.82. The molecule has 0 radical (unpaired) electrons. The van der Waals surface area contributed by atoms with E-state index in [-0.39, 0.29) is 0 Å². The number of likely N-dealkylation sites (tertiary alicyclic amines) is 1. The van der Waals surface area contributed by atoms with Gasteiger partial charge in [0.05, 0.1) is 19.3 Å². The molecule has 0 bridgehead atoms. The summed E-state index contributed by atoms with van der Waals surface area (Å²) in [7, 11) is 0. The Bertz CT molecular complexity index is 644. The van der Waals surface area contributed by atoms with Crippen LogP contribution in [0, 0.1) is 0 Å². The molecule has 296 valence electrons. The van der Waals surface area contributed by atoms with Gasteiger partial charge >= 0.3 is 0 Å². The second-order valence-electron chi connectivity index (χ2n) is 15.6. The highest BCUT2D eigenvalue weighted by atomic mass is 16.5. The molecule has 1 N–H and O–H groups in total. The molecule has 4 heteroatoms. The van der Waals surface area contributed by atoms with Gasteiger partial charge < -0.3 is 19.7 Å². The molecule has 0 amide bonds. The van der Waals surface area contributed by atoms with Gasteiger partial charge in [0.2, 0.25) is 0 Å². The summed E-state index contributed by atoms with van der Waals surface area (Å²) in [6.45, 7) is 12.8. The Morgan fingerprint density at radius 1 is 0.460 bits per heavy atom. The van der Waals surface area contributed by atoms with Gasteiger partial charge in [0.1, 0.15) is 0 Å². The summed E-state index contributed by atoms with van der Waals surface area (Å²) in [5, 5.41) is 3.77. The Hall–Kier alpha value is -0.680. The molecular weight excluding hydrogens is 613 g/mol. The molecule has 1 fully saturated rings. The second-order valence-corrected chi connectivity index (χ2v) is 15.6. The maximum atomic E-state index is 6.17. The highest BCUT2D eigenvalue weighted by Crippen LogP contribution is 2.12. The first kappa shape index (κ1) is 47.3. The first-order chi connectivity index (χ1) is 24.9. The van der Waals surface area contributed by atoms with Crippen LogP contribution in [0.15, 0.2) is 24.3 Å². The summed E-state index contributed by atoms with van der Waals surface area (Å²) in [6.07, 6.45) is 51.5. The monoisotopic (exact) mass is 703 g/mol. The summed E-state index contributed by atoms with van der Waals surface area (Å²) in [6, 6.07) is 0.316. The predicted molar refractivity (Wildman–Crippen MR) is 223 cm³/mol. The third kappa shape index (κ3) is 35.7. The van der Waals surface area contributed by atoms with Crippen molar-refractivity contribution in [3.05, 3.63) is 24.3 Å². The first-order valence-electron chi connectivity index (χ1n) is 22.8. The Kier molecular flexibility index (Phi) is 38.9. The second kappa shape index (κ2) is 41.1. The Balaban J connectivity index is 2.00. The molecule has 0 aromatic carbocycles. The van der Waals surface area contributed by atoms with Gasteiger partial charge in [-0.3, -0.25) is 0 Å². The molecule has 0 aromatic heterocycles. The van der Waals surface area contributed by atoms with E-state index < -0.39 is 0 Å². The zero-order valence-corrected chi connectivity index (χ0v) is 34.2. The van der Waals surface area contributed by atoms with Crippen LogP contribution in [0.5, 0.6) is 0 Å². The lowest BCUT2D eigenvalue weighted by Crippen LogP contribution is -2.39. The standard InChI is InChI=1S/C46H90N2O2/c1-3-5-7-9-11-13-15-17-19-21-23-25-27-29-31-35-42-49-44-46(47-38-37-41-48-39-33-34-40-48)45-50-43-36-32-30-28-26-24-22-20-18-16-14-12-10-8-6-4-2/h17-20,46-47H,3-16,21-45H2,1-2H3/b19-17-,20-18+. The highest BCUT2D eigenvalue weighted by Gasteiger charge is 2.12. The molecule has 1 atom stereocenters. The lowest BCUT2D eigenvalue weighted by molar-refractivity contribution is 0.0526. The third-order valence-electron chi connectivity index (χ3n) is 10.5. The van der Waals surface area contributed by atoms with Gasteiger partial charge in [0.25, 0.3) is 0 Å². The summed E-state index contributed by atoms with van der Waals surface area (Å²) in [5.74, 6) is 0. The molecule has 0 spiro atoms. The van der Waals surface area contributed by atoms with E-state index in [9.17, 15) is 0 Å². The summed E-state index contributed by atoms with van der Waals surface area (Å²) in [4.78, 5) is 2.62. The fraction of sp³-hybridized carbons (Fsp3) is 0.913. The number of ether oxygens (including phenoxy) is 2. The van der Waals surface area contributed by atoms with Crippen molar-refractivity contribution in [1.82, 2.24) is 10.2 Å². The molecular formula is C46H90N2O2. The zero-order valence-electron chi connectivity index (χ0n) is 34.2. The molecule has 4 nitrogen and oxygen atoms in total. The Morgan fingerprint density at radius 3 is 1.22 bits per heavy atom. The van der Waals surface area contributed by atoms with Crippen molar-refractivity contribution in [3.63, 3.8) is 0 Å². The normalized spacial score (nSPS) is 14.6. The fourth-order valence-electron chi connectivity index (χ4n) is 7.14. The minimum Gasteiger partial charge on any atom is -0.380 e. The van der Waals surface area contributed by atoms with Crippen molar-refractivity contribution in [3.8, 4) is 0 Å². The van der Waals surface area contributed by atoms with E-state index in [1.807, 2.05) is 0 Å². The number of hydrogen-bond acceptors (Lipinski definition) is 4. The van der Waals surface area contributed by atoms with Crippen LogP contribution in [-0.2, 0) is 9.47 Å². The van der Waals surface area contributed by atoms with Gasteiger partial charge in [-0.25, -0.2) is 0 Å². The van der Waals surface area contributed by atoms with Crippen molar-refractivity contribution in [2.45, 2.75) is 219 Å². The van der Waals surface area contributed by atoms with E-state index in [0.29, 0.717) is 6.04 Å². The lowest BCUT2D eigenvalue weighted by atomic mass is 10.1. The summed E-state index contributed by atoms with van der Waals surface area (Å²) >= 11 is 0. The zero-order chi connectivity index (χ0) is 35.7. The number of hydrogen-bond donors (Lipinski definition) is 1. The van der Waals surface area contributed by atoms with E-state index in [1.165, 1.54) is 219 Å². The number of rotatable bonds is 41. The van der Waals surface area contributed by atoms with E-state index in [1.54, 1.807) is 0 Å². The summed E-state index contributed by atoms with van der Waals surface area (Å²) in [5.41, 5.74) is 0. The average Bonchev–Trinajstić information content (AvgIpc) is 3.65. The lowest BCUT2D eigenvalue weighted by Gasteiger charge is -2.20. The average molecular weight is 703 g/mol. The first-order valence-corrected chi connectivity index (χ1v) is 22.8. The molecule has 1 unspecified atom stereocenters. The van der Waals surface area contributed by atoms with E-state index in [0.717, 1.165) is 33.0 Å². The maximum absolute atomic E-state index is 6.17. The minimum absolute atomic E-state index is 0.316. The van der Waals surface area contributed by atoms with Crippen LogP contribution in [0.1, 0.15) is 213 Å². The Morgan fingerprint density at radius 2 is 0.820 bits per heavy atom. The van der Waals surface area contributed by atoms with E-state index >= 15 is 0 Å². The quantitative estimate of drug-likeness (QED) is 0.0508. The molecule has 1 aliphatic heterocycles. The van der Waals surface area contributed by atoms with Crippen molar-refractivity contribution < 1.29 is 9.47 Å². The van der Waals surface area contributed by atoms with Crippen LogP contribution >= 0.6 is 0 Å². The van der Waals surface area contributed by atoms with Gasteiger partial charge in [0.15, 0.2) is 0 Å². The largest absolute Gasteiger partial charge is 0.380 e. The topological polar surface area (TPSA) is 33.7 Å². The van der Waals surface area contributed by atoms with Crippen LogP contribution in [-0.4, -0.2) is 63.5 Å². The van der Waals surface area contributed by atoms with Crippen LogP contribution in [0.4, 0.5) is 0 Å². The third-order valence-corrected chi connectivity index (χ3v) is 10.5. The van der Waals surface area contributed by atoms with Gasteiger partial charge in [-0.15, -0.1) is 0 Å². The molecule has 1 aliphatic rings. The van der Waals surface area contributed by atoms with Crippen molar-refractivity contribution in [2.24, 2.45) is 0 Å². The summed E-state index contributed by atoms with van der Waals surface area (Å²) < 4.78 is 12.3. The van der Waals surface area contributed by atoms with Gasteiger partial charge in [0, 0.05) is 13.2 Å². The molecule has 0 aromatic rings. The SMILES string of the molecule is CCCCCCCC/C=C\CCCCCCCCOCC(COCCCCCCCC/C=C/CCCCCCCC)NCCCN1CCCC1. The maximum Gasteiger partial charge on any atom is 0.0642 e. The van der Waals surface area contributed by atoms with E-state index in [2.05, 4.69) is 48.4 Å². The Labute approximate surface area is 314 Å². The van der Waals surface area contributed by atoms with Gasteiger partial charge in [-0.05, 0) is 110 Å². The number of nitrogens with zero attached hydrogens (tertiary/aromatic N) is 1. The van der Waals surface area contributed by atoms with Gasteiger partial charge in [-0.2, -0.15) is 0 Å². The molecule has 1 heterocycles. The van der Waals surface area contributed by atoms with Crippen molar-refractivity contribution >= 4 is 0 Å². The van der Waals surface area contributed by atoms with E-state index in [4.69, 9.17) is 9.47 Å². The molecule has 50 heavy (non-hydrogen) atoms. The van der Waals surface area contributed by atoms with Crippen LogP contribution in [0.2, 0.25) is 0 Å². The fourth-order valence-corrected chi connectivity index (χ4v) is 7.14. The number of unbranched alkanes of at least 4 members (excludes halogenated alkanes) is 24. The van der Waals surface area contributed by atoms with Crippen molar-refractivity contribution in [1.29, 1.82) is 0 Å².